The van der Waals surface area contributed by atoms with Crippen LogP contribution in [0.1, 0.15) is 34.0 Å². The van der Waals surface area contributed by atoms with Gasteiger partial charge in [-0.3, -0.25) is 9.80 Å². The van der Waals surface area contributed by atoms with Gasteiger partial charge in [-0.1, -0.05) is 61.0 Å². The first-order chi connectivity index (χ1) is 16.5. The van der Waals surface area contributed by atoms with Gasteiger partial charge in [0.25, 0.3) is 0 Å². The molecular weight excluding hydrogens is 448 g/mol. The minimum atomic E-state index is -0.931. The Morgan fingerprint density at radius 1 is 0.971 bits per heavy atom. The lowest BCUT2D eigenvalue weighted by atomic mass is 10.1. The summed E-state index contributed by atoms with van der Waals surface area (Å²) in [5.74, 6) is -0.365. The van der Waals surface area contributed by atoms with Crippen LogP contribution in [0.5, 0.6) is 0 Å². The van der Waals surface area contributed by atoms with Crippen molar-refractivity contribution in [2.24, 2.45) is 0 Å². The monoisotopic (exact) mass is 478 g/mol. The Kier molecular flexibility index (Phi) is 8.16. The van der Waals surface area contributed by atoms with Crippen molar-refractivity contribution in [3.05, 3.63) is 94.1 Å². The van der Waals surface area contributed by atoms with Gasteiger partial charge >= 0.3 is 5.97 Å². The molecule has 34 heavy (non-hydrogen) atoms. The fourth-order valence-electron chi connectivity index (χ4n) is 4.35. The van der Waals surface area contributed by atoms with Gasteiger partial charge in [0.15, 0.2) is 0 Å². The highest BCUT2D eigenvalue weighted by atomic mass is 35.5. The molecule has 178 valence electrons. The van der Waals surface area contributed by atoms with E-state index in [1.165, 1.54) is 11.1 Å². The molecule has 0 atom stereocenters. The highest BCUT2D eigenvalue weighted by Gasteiger charge is 2.22. The van der Waals surface area contributed by atoms with E-state index in [2.05, 4.69) is 56.9 Å². The summed E-state index contributed by atoms with van der Waals surface area (Å²) in [5.41, 5.74) is 4.00. The van der Waals surface area contributed by atoms with Crippen LogP contribution in [0.15, 0.2) is 66.9 Å². The van der Waals surface area contributed by atoms with Gasteiger partial charge in [0.1, 0.15) is 11.4 Å². The summed E-state index contributed by atoms with van der Waals surface area (Å²) in [6.45, 7) is 9.02. The third-order valence-corrected chi connectivity index (χ3v) is 6.69. The van der Waals surface area contributed by atoms with Crippen LogP contribution in [0.2, 0.25) is 5.02 Å². The van der Waals surface area contributed by atoms with Crippen molar-refractivity contribution >= 4 is 23.4 Å². The summed E-state index contributed by atoms with van der Waals surface area (Å²) in [6.07, 6.45) is 1.66. The fraction of sp³-hybridized carbons (Fsp3) is 0.333. The molecule has 0 radical (unpaired) electrons. The van der Waals surface area contributed by atoms with Crippen molar-refractivity contribution < 1.29 is 9.90 Å². The van der Waals surface area contributed by atoms with E-state index < -0.39 is 5.97 Å². The molecule has 0 spiro atoms. The highest BCUT2D eigenvalue weighted by Crippen LogP contribution is 2.21. The van der Waals surface area contributed by atoms with Crippen molar-refractivity contribution in [2.75, 3.05) is 37.6 Å². The number of carbonyl (C=O) groups is 1. The van der Waals surface area contributed by atoms with Crippen molar-refractivity contribution in [1.29, 1.82) is 0 Å². The first kappa shape index (κ1) is 24.2. The zero-order chi connectivity index (χ0) is 23.9. The van der Waals surface area contributed by atoms with Gasteiger partial charge in [0, 0.05) is 57.0 Å². The minimum absolute atomic E-state index is 0.266. The smallest absolute Gasteiger partial charge is 0.339 e. The minimum Gasteiger partial charge on any atom is -0.478 e. The zero-order valence-electron chi connectivity index (χ0n) is 19.5. The van der Waals surface area contributed by atoms with Crippen LogP contribution >= 0.6 is 11.6 Å². The largest absolute Gasteiger partial charge is 0.478 e. The second-order valence-corrected chi connectivity index (χ2v) is 9.06. The Morgan fingerprint density at radius 2 is 1.68 bits per heavy atom. The van der Waals surface area contributed by atoms with E-state index in [1.54, 1.807) is 18.3 Å². The normalized spacial score (nSPS) is 14.5. The molecule has 4 rings (SSSR count). The molecule has 1 aromatic heterocycles. The van der Waals surface area contributed by atoms with Crippen molar-refractivity contribution in [2.45, 2.75) is 26.6 Å². The number of anilines is 1. The summed E-state index contributed by atoms with van der Waals surface area (Å²) >= 11 is 6.34. The van der Waals surface area contributed by atoms with E-state index in [-0.39, 0.29) is 5.56 Å². The van der Waals surface area contributed by atoms with E-state index in [9.17, 15) is 9.90 Å². The number of aromatic nitrogens is 1. The zero-order valence-corrected chi connectivity index (χ0v) is 20.3. The summed E-state index contributed by atoms with van der Waals surface area (Å²) in [7, 11) is 0. The Morgan fingerprint density at radius 3 is 2.35 bits per heavy atom. The van der Waals surface area contributed by atoms with Gasteiger partial charge in [-0.2, -0.15) is 0 Å². The van der Waals surface area contributed by atoms with Crippen LogP contribution in [0.4, 0.5) is 5.82 Å². The second-order valence-electron chi connectivity index (χ2n) is 8.65. The number of carboxylic acids is 1. The first-order valence-corrected chi connectivity index (χ1v) is 12.1. The number of benzene rings is 2. The van der Waals surface area contributed by atoms with Gasteiger partial charge in [-0.05, 0) is 41.4 Å². The molecular formula is C27H31ClN4O2. The number of piperazine rings is 1. The Bertz CT molecular complexity index is 1100. The molecule has 1 saturated heterocycles. The van der Waals surface area contributed by atoms with E-state index in [4.69, 9.17) is 11.6 Å². The van der Waals surface area contributed by atoms with Gasteiger partial charge in [-0.15, -0.1) is 0 Å². The number of pyridine rings is 1. The quantitative estimate of drug-likeness (QED) is 0.477. The maximum Gasteiger partial charge on any atom is 0.339 e. The van der Waals surface area contributed by atoms with Crippen LogP contribution in [-0.4, -0.2) is 58.6 Å². The molecule has 1 aliphatic rings. The molecule has 1 aliphatic heterocycles. The lowest BCUT2D eigenvalue weighted by Crippen LogP contribution is -2.46. The number of rotatable bonds is 9. The van der Waals surface area contributed by atoms with Crippen molar-refractivity contribution in [3.63, 3.8) is 0 Å². The number of aromatic carboxylic acids is 1. The van der Waals surface area contributed by atoms with Crippen LogP contribution < -0.4 is 4.90 Å². The predicted octanol–water partition coefficient (Wildman–Crippen LogP) is 4.78. The van der Waals surface area contributed by atoms with Gasteiger partial charge in [0.2, 0.25) is 0 Å². The molecule has 0 saturated carbocycles. The predicted molar refractivity (Wildman–Crippen MR) is 136 cm³/mol. The molecule has 2 aromatic carbocycles. The molecule has 3 aromatic rings. The lowest BCUT2D eigenvalue weighted by molar-refractivity contribution is 0.0697. The Labute approximate surface area is 206 Å². The van der Waals surface area contributed by atoms with Crippen LogP contribution in [0.25, 0.3) is 0 Å². The molecule has 6 nitrogen and oxygen atoms in total. The second kappa shape index (κ2) is 11.5. The summed E-state index contributed by atoms with van der Waals surface area (Å²) in [4.78, 5) is 22.7. The molecule has 2 heterocycles. The van der Waals surface area contributed by atoms with Gasteiger partial charge in [0.05, 0.1) is 0 Å². The number of carboxylic acid groups (broad SMARTS) is 1. The molecule has 0 bridgehead atoms. The maximum absolute atomic E-state index is 11.5. The van der Waals surface area contributed by atoms with Gasteiger partial charge < -0.3 is 10.0 Å². The topological polar surface area (TPSA) is 59.9 Å². The Balaban J connectivity index is 1.30. The third kappa shape index (κ3) is 6.14. The average Bonchev–Trinajstić information content (AvgIpc) is 2.86. The molecule has 0 amide bonds. The summed E-state index contributed by atoms with van der Waals surface area (Å²) in [5, 5.41) is 10.3. The number of hydrogen-bond acceptors (Lipinski definition) is 5. The molecule has 1 fully saturated rings. The number of hydrogen-bond donors (Lipinski definition) is 1. The summed E-state index contributed by atoms with van der Waals surface area (Å²) in [6, 6.07) is 20.2. The summed E-state index contributed by atoms with van der Waals surface area (Å²) < 4.78 is 0. The number of halogens is 1. The van der Waals surface area contributed by atoms with Gasteiger partial charge in [-0.25, -0.2) is 9.78 Å². The van der Waals surface area contributed by atoms with Crippen molar-refractivity contribution in [3.8, 4) is 0 Å². The average molecular weight is 479 g/mol. The molecule has 7 heteroatoms. The standard InChI is InChI=1S/C27H31ClN4O2/c1-2-30(20-23-6-3-4-8-25(23)28)18-21-9-11-22(12-10-21)19-31-14-16-32(17-15-31)26-24(27(33)34)7-5-13-29-26/h3-13H,2,14-20H2,1H3,(H,33,34). The van der Waals surface area contributed by atoms with Crippen LogP contribution in [-0.2, 0) is 19.6 Å². The molecule has 0 aliphatic carbocycles. The number of nitrogens with zero attached hydrogens (tertiary/aromatic N) is 4. The van der Waals surface area contributed by atoms with Crippen molar-refractivity contribution in [1.82, 2.24) is 14.8 Å². The van der Waals surface area contributed by atoms with E-state index in [0.717, 1.165) is 62.9 Å². The molecule has 1 N–H and O–H groups in total. The SMILES string of the molecule is CCN(Cc1ccc(CN2CCN(c3ncccc3C(=O)O)CC2)cc1)Cc1ccccc1Cl. The lowest BCUT2D eigenvalue weighted by Gasteiger charge is -2.35. The van der Waals surface area contributed by atoms with E-state index >= 15 is 0 Å². The van der Waals surface area contributed by atoms with Crippen LogP contribution in [0.3, 0.4) is 0 Å². The van der Waals surface area contributed by atoms with E-state index in [0.29, 0.717) is 5.82 Å². The third-order valence-electron chi connectivity index (χ3n) is 6.32. The highest BCUT2D eigenvalue weighted by molar-refractivity contribution is 6.31. The molecule has 0 unspecified atom stereocenters. The first-order valence-electron chi connectivity index (χ1n) is 11.7. The Hall–Kier alpha value is -2.93. The van der Waals surface area contributed by atoms with Crippen LogP contribution in [0, 0.1) is 0 Å². The van der Waals surface area contributed by atoms with E-state index in [1.807, 2.05) is 18.2 Å². The fourth-order valence-corrected chi connectivity index (χ4v) is 4.54. The maximum atomic E-state index is 11.5.